The van der Waals surface area contributed by atoms with Crippen LogP contribution >= 0.6 is 22.7 Å². The number of hydrogen-bond donors (Lipinski definition) is 1. The maximum atomic E-state index is 12.4. The largest absolute Gasteiger partial charge is 0.457 e. The highest BCUT2D eigenvalue weighted by molar-refractivity contribution is 7.14. The van der Waals surface area contributed by atoms with E-state index in [4.69, 9.17) is 4.74 Å². The Morgan fingerprint density at radius 3 is 2.89 bits per heavy atom. The Bertz CT molecular complexity index is 1060. The number of anilines is 1. The van der Waals surface area contributed by atoms with Gasteiger partial charge in [-0.2, -0.15) is 11.3 Å². The monoisotopic (exact) mass is 412 g/mol. The number of thiophene rings is 1. The van der Waals surface area contributed by atoms with Crippen molar-refractivity contribution in [3.63, 3.8) is 0 Å². The molecule has 3 aromatic rings. The zero-order valence-corrected chi connectivity index (χ0v) is 16.6. The molecule has 0 fully saturated rings. The summed E-state index contributed by atoms with van der Waals surface area (Å²) in [5.41, 5.74) is 3.58. The second-order valence-electron chi connectivity index (χ2n) is 6.43. The molecule has 28 heavy (non-hydrogen) atoms. The lowest BCUT2D eigenvalue weighted by Crippen LogP contribution is -2.16. The first-order chi connectivity index (χ1) is 13.5. The average Bonchev–Trinajstić information content (AvgIpc) is 3.41. The van der Waals surface area contributed by atoms with Crippen LogP contribution in [0.2, 0.25) is 0 Å². The van der Waals surface area contributed by atoms with Crippen LogP contribution in [0.3, 0.4) is 0 Å². The summed E-state index contributed by atoms with van der Waals surface area (Å²) in [6, 6.07) is 6.99. The third-order valence-electron chi connectivity index (χ3n) is 4.50. The van der Waals surface area contributed by atoms with Gasteiger partial charge in [-0.05, 0) is 42.1 Å². The molecular weight excluding hydrogens is 396 g/mol. The quantitative estimate of drug-likeness (QED) is 0.490. The molecule has 0 aliphatic carbocycles. The predicted molar refractivity (Wildman–Crippen MR) is 108 cm³/mol. The average molecular weight is 412 g/mol. The summed E-state index contributed by atoms with van der Waals surface area (Å²) >= 11 is 3.06. The summed E-state index contributed by atoms with van der Waals surface area (Å²) in [7, 11) is 0. The Morgan fingerprint density at radius 1 is 1.25 bits per heavy atom. The molecule has 3 heterocycles. The van der Waals surface area contributed by atoms with Gasteiger partial charge < -0.3 is 10.1 Å². The Balaban J connectivity index is 1.34. The molecule has 1 aliphatic heterocycles. The van der Waals surface area contributed by atoms with Gasteiger partial charge in [-0.25, -0.2) is 4.98 Å². The molecule has 1 aliphatic rings. The number of aromatic nitrogens is 1. The molecule has 0 saturated carbocycles. The second kappa shape index (κ2) is 7.65. The van der Waals surface area contributed by atoms with Crippen LogP contribution in [0.25, 0.3) is 10.6 Å². The number of ketones is 1. The molecule has 0 bridgehead atoms. The fraction of sp³-hybridized carbons (Fsp3) is 0.200. The topological polar surface area (TPSA) is 85.4 Å². The van der Waals surface area contributed by atoms with Crippen LogP contribution < -0.4 is 5.32 Å². The van der Waals surface area contributed by atoms with Crippen molar-refractivity contribution in [2.45, 2.75) is 19.3 Å². The number of nitrogens with one attached hydrogen (secondary N) is 1. The zero-order chi connectivity index (χ0) is 19.7. The molecule has 1 amide bonds. The maximum absolute atomic E-state index is 12.4. The molecule has 4 rings (SSSR count). The highest BCUT2D eigenvalue weighted by atomic mass is 32.1. The van der Waals surface area contributed by atoms with E-state index in [1.807, 2.05) is 22.2 Å². The van der Waals surface area contributed by atoms with Crippen molar-refractivity contribution in [2.75, 3.05) is 11.9 Å². The number of Topliss-reactive ketones (excluding diaryl/α,β-unsaturated/α-hetero) is 1. The highest BCUT2D eigenvalue weighted by Gasteiger charge is 2.27. The summed E-state index contributed by atoms with van der Waals surface area (Å²) in [6.07, 6.45) is 0.0214. The molecule has 1 N–H and O–H groups in total. The lowest BCUT2D eigenvalue weighted by atomic mass is 9.99. The number of ether oxygens (including phenoxy) is 1. The highest BCUT2D eigenvalue weighted by Crippen LogP contribution is 2.32. The van der Waals surface area contributed by atoms with E-state index in [0.717, 1.165) is 21.8 Å². The lowest BCUT2D eigenvalue weighted by molar-refractivity contribution is -0.141. The number of esters is 1. The van der Waals surface area contributed by atoms with E-state index in [1.54, 1.807) is 36.5 Å². The number of amides is 1. The second-order valence-corrected chi connectivity index (χ2v) is 8.07. The molecule has 0 radical (unpaired) electrons. The lowest BCUT2D eigenvalue weighted by Gasteiger charge is -2.06. The Labute approximate surface area is 169 Å². The van der Waals surface area contributed by atoms with Crippen molar-refractivity contribution in [2.24, 2.45) is 0 Å². The van der Waals surface area contributed by atoms with Crippen LogP contribution in [0, 0.1) is 0 Å². The third kappa shape index (κ3) is 3.74. The molecule has 1 atom stereocenters. The normalized spacial score (nSPS) is 15.2. The standard InChI is InChI=1S/C20H16N2O4S2/c1-11-15-6-12(2-3-16(15)22-19(11)25)17(23)8-26-18(24)7-14-10-28-20(21-14)13-4-5-27-9-13/h2-6,9-11H,7-8H2,1H3,(H,22,25)/t11-/m1/s1. The minimum Gasteiger partial charge on any atom is -0.457 e. The van der Waals surface area contributed by atoms with Gasteiger partial charge in [0.2, 0.25) is 5.91 Å². The maximum Gasteiger partial charge on any atom is 0.312 e. The van der Waals surface area contributed by atoms with Gasteiger partial charge in [0.15, 0.2) is 12.4 Å². The number of carbonyl (C=O) groups is 3. The van der Waals surface area contributed by atoms with E-state index in [-0.39, 0.29) is 30.6 Å². The molecule has 1 aromatic carbocycles. The molecule has 2 aromatic heterocycles. The first-order valence-electron chi connectivity index (χ1n) is 8.62. The fourth-order valence-electron chi connectivity index (χ4n) is 2.93. The van der Waals surface area contributed by atoms with E-state index in [1.165, 1.54) is 11.3 Å². The zero-order valence-electron chi connectivity index (χ0n) is 14.9. The van der Waals surface area contributed by atoms with Gasteiger partial charge in [0.1, 0.15) is 5.01 Å². The number of carbonyl (C=O) groups excluding carboxylic acids is 3. The Kier molecular flexibility index (Phi) is 5.06. The van der Waals surface area contributed by atoms with Crippen LogP contribution in [0.5, 0.6) is 0 Å². The van der Waals surface area contributed by atoms with Gasteiger partial charge in [0.05, 0.1) is 18.0 Å². The van der Waals surface area contributed by atoms with Crippen molar-refractivity contribution in [1.29, 1.82) is 0 Å². The molecule has 0 spiro atoms. The van der Waals surface area contributed by atoms with Crippen LogP contribution in [0.15, 0.2) is 40.4 Å². The van der Waals surface area contributed by atoms with E-state index in [2.05, 4.69) is 10.3 Å². The molecular formula is C20H16N2O4S2. The summed E-state index contributed by atoms with van der Waals surface area (Å²) in [6.45, 7) is 1.45. The van der Waals surface area contributed by atoms with Crippen molar-refractivity contribution in [3.8, 4) is 10.6 Å². The van der Waals surface area contributed by atoms with E-state index < -0.39 is 5.97 Å². The summed E-state index contributed by atoms with van der Waals surface area (Å²) in [5.74, 6) is -1.19. The molecule has 0 unspecified atom stereocenters. The van der Waals surface area contributed by atoms with Crippen LogP contribution in [-0.4, -0.2) is 29.3 Å². The third-order valence-corrected chi connectivity index (χ3v) is 6.12. The van der Waals surface area contributed by atoms with Crippen LogP contribution in [-0.2, 0) is 20.7 Å². The number of nitrogens with zero attached hydrogens (tertiary/aromatic N) is 1. The number of benzene rings is 1. The van der Waals surface area contributed by atoms with E-state index in [0.29, 0.717) is 11.3 Å². The van der Waals surface area contributed by atoms with Gasteiger partial charge in [0.25, 0.3) is 0 Å². The van der Waals surface area contributed by atoms with Crippen molar-refractivity contribution < 1.29 is 19.1 Å². The number of thiazole rings is 1. The number of hydrogen-bond acceptors (Lipinski definition) is 7. The van der Waals surface area contributed by atoms with Gasteiger partial charge in [-0.15, -0.1) is 11.3 Å². The van der Waals surface area contributed by atoms with Gasteiger partial charge in [-0.3, -0.25) is 14.4 Å². The Hall–Kier alpha value is -2.84. The minimum atomic E-state index is -0.498. The first-order valence-corrected chi connectivity index (χ1v) is 10.4. The first kappa shape index (κ1) is 18.5. The number of fused-ring (bicyclic) bond motifs is 1. The van der Waals surface area contributed by atoms with Gasteiger partial charge in [0, 0.05) is 27.6 Å². The Morgan fingerprint density at radius 2 is 2.11 bits per heavy atom. The predicted octanol–water partition coefficient (Wildman–Crippen LogP) is 3.90. The summed E-state index contributed by atoms with van der Waals surface area (Å²) < 4.78 is 5.13. The number of rotatable bonds is 6. The summed E-state index contributed by atoms with van der Waals surface area (Å²) in [5, 5.41) is 9.41. The minimum absolute atomic E-state index is 0.0214. The molecule has 0 saturated heterocycles. The van der Waals surface area contributed by atoms with Crippen LogP contribution in [0.1, 0.15) is 34.5 Å². The smallest absolute Gasteiger partial charge is 0.312 e. The van der Waals surface area contributed by atoms with E-state index >= 15 is 0 Å². The van der Waals surface area contributed by atoms with Crippen LogP contribution in [0.4, 0.5) is 5.69 Å². The van der Waals surface area contributed by atoms with Crippen molar-refractivity contribution in [1.82, 2.24) is 4.98 Å². The van der Waals surface area contributed by atoms with Gasteiger partial charge in [-0.1, -0.05) is 0 Å². The van der Waals surface area contributed by atoms with Gasteiger partial charge >= 0.3 is 5.97 Å². The molecule has 142 valence electrons. The SMILES string of the molecule is C[C@H]1C(=O)Nc2ccc(C(=O)COC(=O)Cc3csc(-c4ccsc4)n3)cc21. The fourth-order valence-corrected chi connectivity index (χ4v) is 4.46. The van der Waals surface area contributed by atoms with Crippen molar-refractivity contribution >= 4 is 46.0 Å². The summed E-state index contributed by atoms with van der Waals surface area (Å²) in [4.78, 5) is 40.6. The van der Waals surface area contributed by atoms with E-state index in [9.17, 15) is 14.4 Å². The van der Waals surface area contributed by atoms with Crippen molar-refractivity contribution in [3.05, 3.63) is 57.2 Å². The molecule has 6 nitrogen and oxygen atoms in total. The molecule has 8 heteroatoms.